The van der Waals surface area contributed by atoms with Crippen molar-refractivity contribution < 1.29 is 15.0 Å². The van der Waals surface area contributed by atoms with Crippen molar-refractivity contribution in [3.63, 3.8) is 0 Å². The lowest BCUT2D eigenvalue weighted by Gasteiger charge is -2.16. The van der Waals surface area contributed by atoms with E-state index in [4.69, 9.17) is 10.8 Å². The topological polar surface area (TPSA) is 95.6 Å². The third-order valence-electron chi connectivity index (χ3n) is 5.00. The van der Waals surface area contributed by atoms with Crippen LogP contribution in [-0.4, -0.2) is 41.4 Å². The minimum atomic E-state index is -0.835. The fourth-order valence-corrected chi connectivity index (χ4v) is 3.25. The fraction of sp³-hybridized carbons (Fsp3) is 0.952. The Morgan fingerprint density at radius 3 is 1.88 bits per heavy atom. The van der Waals surface area contributed by atoms with Gasteiger partial charge in [-0.15, -0.1) is 0 Å². The lowest BCUT2D eigenvalue weighted by Crippen LogP contribution is -2.38. The molecule has 0 rings (SSSR count). The second-order valence-corrected chi connectivity index (χ2v) is 7.54. The summed E-state index contributed by atoms with van der Waals surface area (Å²) in [5, 5.41) is 22.1. The number of unbranched alkanes of at least 4 members (excludes halogenated alkanes) is 10. The number of nitrogens with one attached hydrogen (secondary N) is 1. The number of hydrogen-bond donors (Lipinski definition) is 4. The molecule has 0 radical (unpaired) electrons. The Labute approximate surface area is 161 Å². The summed E-state index contributed by atoms with van der Waals surface area (Å²) in [7, 11) is 0. The molecule has 0 aliphatic heterocycles. The predicted molar refractivity (Wildman–Crippen MR) is 109 cm³/mol. The normalized spacial score (nSPS) is 13.7. The quantitative estimate of drug-likeness (QED) is 0.240. The number of nitrogens with two attached hydrogens (primary N) is 1. The Hall–Kier alpha value is -0.650. The van der Waals surface area contributed by atoms with Crippen molar-refractivity contribution in [3.05, 3.63) is 0 Å². The van der Waals surface area contributed by atoms with Crippen LogP contribution in [0.25, 0.3) is 0 Å². The molecule has 0 amide bonds. The molecule has 0 aromatic rings. The highest BCUT2D eigenvalue weighted by Gasteiger charge is 2.16. The summed E-state index contributed by atoms with van der Waals surface area (Å²) in [4.78, 5) is 11.1. The average molecular weight is 373 g/mol. The van der Waals surface area contributed by atoms with Gasteiger partial charge in [0.1, 0.15) is 6.04 Å². The molecule has 0 aliphatic rings. The van der Waals surface area contributed by atoms with E-state index in [-0.39, 0.29) is 6.10 Å². The molecular weight excluding hydrogens is 328 g/mol. The molecule has 0 aromatic heterocycles. The zero-order valence-corrected chi connectivity index (χ0v) is 17.1. The number of aliphatic hydroxyl groups excluding tert-OH is 1. The van der Waals surface area contributed by atoms with E-state index in [1.54, 1.807) is 0 Å². The SMILES string of the molecule is CCCCCCCCCCCCCC(O)CCNC(CCCN)C(=O)O. The highest BCUT2D eigenvalue weighted by Crippen LogP contribution is 2.13. The third-order valence-corrected chi connectivity index (χ3v) is 5.00. The van der Waals surface area contributed by atoms with Gasteiger partial charge >= 0.3 is 5.97 Å². The van der Waals surface area contributed by atoms with Gasteiger partial charge in [-0.3, -0.25) is 4.79 Å². The van der Waals surface area contributed by atoms with E-state index in [1.807, 2.05) is 0 Å². The van der Waals surface area contributed by atoms with Crippen LogP contribution in [-0.2, 0) is 4.79 Å². The van der Waals surface area contributed by atoms with Crippen molar-refractivity contribution in [2.45, 2.75) is 115 Å². The van der Waals surface area contributed by atoms with Crippen LogP contribution in [0.4, 0.5) is 0 Å². The van der Waals surface area contributed by atoms with Gasteiger partial charge in [0, 0.05) is 0 Å². The Balaban J connectivity index is 3.43. The van der Waals surface area contributed by atoms with E-state index >= 15 is 0 Å². The van der Waals surface area contributed by atoms with Gasteiger partial charge in [-0.1, -0.05) is 77.6 Å². The van der Waals surface area contributed by atoms with Crippen LogP contribution < -0.4 is 11.1 Å². The first kappa shape index (κ1) is 25.4. The van der Waals surface area contributed by atoms with Crippen LogP contribution in [0.1, 0.15) is 103 Å². The number of rotatable bonds is 20. The standard InChI is InChI=1S/C21H44N2O3/c1-2-3-4-5-6-7-8-9-10-11-12-14-19(24)16-18-23-20(21(25)26)15-13-17-22/h19-20,23-24H,2-18,22H2,1H3,(H,25,26). The van der Waals surface area contributed by atoms with Crippen molar-refractivity contribution in [2.75, 3.05) is 13.1 Å². The average Bonchev–Trinajstić information content (AvgIpc) is 2.62. The molecule has 26 heavy (non-hydrogen) atoms. The number of hydrogen-bond acceptors (Lipinski definition) is 4. The Bertz CT molecular complexity index is 314. The summed E-state index contributed by atoms with van der Waals surface area (Å²) in [6.07, 6.45) is 16.7. The third kappa shape index (κ3) is 16.8. The second-order valence-electron chi connectivity index (χ2n) is 7.54. The van der Waals surface area contributed by atoms with Gasteiger partial charge in [-0.2, -0.15) is 0 Å². The first-order valence-electron chi connectivity index (χ1n) is 11.0. The van der Waals surface area contributed by atoms with Crippen LogP contribution in [0.15, 0.2) is 0 Å². The summed E-state index contributed by atoms with van der Waals surface area (Å²) in [6.45, 7) is 3.30. The molecule has 0 aliphatic carbocycles. The monoisotopic (exact) mass is 372 g/mol. The van der Waals surface area contributed by atoms with E-state index < -0.39 is 12.0 Å². The largest absolute Gasteiger partial charge is 0.480 e. The predicted octanol–water partition coefficient (Wildman–Crippen LogP) is 4.22. The maximum atomic E-state index is 11.1. The summed E-state index contributed by atoms with van der Waals surface area (Å²) in [5.74, 6) is -0.835. The maximum Gasteiger partial charge on any atom is 0.320 e. The summed E-state index contributed by atoms with van der Waals surface area (Å²) in [6, 6.07) is -0.548. The van der Waals surface area contributed by atoms with Crippen LogP contribution in [0.2, 0.25) is 0 Å². The highest BCUT2D eigenvalue weighted by molar-refractivity contribution is 5.73. The number of aliphatic carboxylic acids is 1. The molecule has 0 saturated carbocycles. The molecular formula is C21H44N2O3. The van der Waals surface area contributed by atoms with Gasteiger partial charge in [-0.25, -0.2) is 0 Å². The Kier molecular flexibility index (Phi) is 18.6. The molecule has 0 fully saturated rings. The molecule has 0 spiro atoms. The molecule has 5 heteroatoms. The number of carboxylic acids is 1. The Morgan fingerprint density at radius 2 is 1.38 bits per heavy atom. The van der Waals surface area contributed by atoms with Crippen molar-refractivity contribution >= 4 is 5.97 Å². The number of carboxylic acid groups (broad SMARTS) is 1. The zero-order chi connectivity index (χ0) is 19.5. The molecule has 0 heterocycles. The van der Waals surface area contributed by atoms with Crippen LogP contribution in [0.3, 0.4) is 0 Å². The first-order valence-corrected chi connectivity index (χ1v) is 11.0. The van der Waals surface area contributed by atoms with Gasteiger partial charge in [0.15, 0.2) is 0 Å². The van der Waals surface area contributed by atoms with Crippen molar-refractivity contribution in [3.8, 4) is 0 Å². The fourth-order valence-electron chi connectivity index (χ4n) is 3.25. The van der Waals surface area contributed by atoms with E-state index in [0.29, 0.717) is 32.4 Å². The van der Waals surface area contributed by atoms with E-state index in [2.05, 4.69) is 12.2 Å². The van der Waals surface area contributed by atoms with Gasteiger partial charge in [0.25, 0.3) is 0 Å². The van der Waals surface area contributed by atoms with Crippen molar-refractivity contribution in [1.82, 2.24) is 5.32 Å². The maximum absolute atomic E-state index is 11.1. The smallest absolute Gasteiger partial charge is 0.320 e. The van der Waals surface area contributed by atoms with Crippen molar-refractivity contribution in [1.29, 1.82) is 0 Å². The van der Waals surface area contributed by atoms with Crippen LogP contribution in [0.5, 0.6) is 0 Å². The van der Waals surface area contributed by atoms with Gasteiger partial charge in [0.2, 0.25) is 0 Å². The lowest BCUT2D eigenvalue weighted by molar-refractivity contribution is -0.139. The Morgan fingerprint density at radius 1 is 0.846 bits per heavy atom. The summed E-state index contributed by atoms with van der Waals surface area (Å²) in [5.41, 5.74) is 5.42. The molecule has 156 valence electrons. The molecule has 5 N–H and O–H groups in total. The molecule has 2 atom stereocenters. The molecule has 0 aromatic carbocycles. The lowest BCUT2D eigenvalue weighted by atomic mass is 10.0. The summed E-state index contributed by atoms with van der Waals surface area (Å²) >= 11 is 0. The number of aliphatic hydroxyl groups is 1. The minimum Gasteiger partial charge on any atom is -0.480 e. The number of carbonyl (C=O) groups is 1. The van der Waals surface area contributed by atoms with E-state index in [9.17, 15) is 9.90 Å². The van der Waals surface area contributed by atoms with Crippen LogP contribution >= 0.6 is 0 Å². The minimum absolute atomic E-state index is 0.329. The van der Waals surface area contributed by atoms with Gasteiger partial charge < -0.3 is 21.3 Å². The molecule has 5 nitrogen and oxygen atoms in total. The molecule has 0 saturated heterocycles. The van der Waals surface area contributed by atoms with Crippen LogP contribution in [0, 0.1) is 0 Å². The summed E-state index contributed by atoms with van der Waals surface area (Å²) < 4.78 is 0. The first-order chi connectivity index (χ1) is 12.6. The molecule has 0 bridgehead atoms. The van der Waals surface area contributed by atoms with Crippen molar-refractivity contribution in [2.24, 2.45) is 5.73 Å². The highest BCUT2D eigenvalue weighted by atomic mass is 16.4. The van der Waals surface area contributed by atoms with Gasteiger partial charge in [-0.05, 0) is 38.8 Å². The van der Waals surface area contributed by atoms with E-state index in [0.717, 1.165) is 12.8 Å². The van der Waals surface area contributed by atoms with Gasteiger partial charge in [0.05, 0.1) is 6.10 Å². The van der Waals surface area contributed by atoms with E-state index in [1.165, 1.54) is 64.2 Å². The second kappa shape index (κ2) is 19.1. The molecule has 2 unspecified atom stereocenters. The zero-order valence-electron chi connectivity index (χ0n) is 17.1.